The van der Waals surface area contributed by atoms with E-state index in [4.69, 9.17) is 4.99 Å². The monoisotopic (exact) mass is 392 g/mol. The topological polar surface area (TPSA) is 65.0 Å². The zero-order valence-corrected chi connectivity index (χ0v) is 17.5. The number of hydrogen-bond donors (Lipinski definition) is 1. The van der Waals surface area contributed by atoms with Crippen molar-refractivity contribution in [2.45, 2.75) is 31.9 Å². The molecule has 2 aliphatic heterocycles. The molecule has 0 spiro atoms. The number of guanidine groups is 1. The van der Waals surface area contributed by atoms with Crippen LogP contribution >= 0.6 is 0 Å². The van der Waals surface area contributed by atoms with Gasteiger partial charge in [-0.3, -0.25) is 4.99 Å². The van der Waals surface area contributed by atoms with Crippen LogP contribution in [0.2, 0.25) is 0 Å². The summed E-state index contributed by atoms with van der Waals surface area (Å²) < 4.78 is 23.8. The molecule has 1 aromatic rings. The zero-order valence-electron chi connectivity index (χ0n) is 16.7. The lowest BCUT2D eigenvalue weighted by atomic mass is 10.1. The predicted molar refractivity (Wildman–Crippen MR) is 112 cm³/mol. The van der Waals surface area contributed by atoms with Gasteiger partial charge in [-0.05, 0) is 45.2 Å². The van der Waals surface area contributed by atoms with E-state index in [0.717, 1.165) is 38.6 Å². The number of hydrogen-bond acceptors (Lipinski definition) is 4. The van der Waals surface area contributed by atoms with Gasteiger partial charge in [-0.15, -0.1) is 0 Å². The Kier molecular flexibility index (Phi) is 5.99. The lowest BCUT2D eigenvalue weighted by Crippen LogP contribution is -2.57. The molecule has 0 radical (unpaired) electrons. The minimum absolute atomic E-state index is 0.190. The first-order valence-corrected chi connectivity index (χ1v) is 11.5. The number of benzene rings is 1. The molecule has 1 unspecified atom stereocenters. The van der Waals surface area contributed by atoms with Crippen LogP contribution < -0.4 is 10.2 Å². The molecular formula is C20H32N4O2S. The average molecular weight is 393 g/mol. The van der Waals surface area contributed by atoms with Crippen LogP contribution in [0.25, 0.3) is 0 Å². The summed E-state index contributed by atoms with van der Waals surface area (Å²) >= 11 is 0. The van der Waals surface area contributed by atoms with Crippen LogP contribution in [0.4, 0.5) is 5.69 Å². The highest BCUT2D eigenvalue weighted by Gasteiger charge is 2.41. The largest absolute Gasteiger partial charge is 0.371 e. The molecule has 2 saturated heterocycles. The molecule has 0 amide bonds. The average Bonchev–Trinajstić information content (AvgIpc) is 3.11. The Morgan fingerprint density at radius 2 is 2.00 bits per heavy atom. The van der Waals surface area contributed by atoms with Gasteiger partial charge in [0, 0.05) is 45.0 Å². The van der Waals surface area contributed by atoms with Gasteiger partial charge in [-0.1, -0.05) is 18.2 Å². The van der Waals surface area contributed by atoms with E-state index in [1.54, 1.807) is 0 Å². The first kappa shape index (κ1) is 20.0. The molecular weight excluding hydrogens is 360 g/mol. The smallest absolute Gasteiger partial charge is 0.194 e. The molecule has 27 heavy (non-hydrogen) atoms. The number of rotatable bonds is 4. The molecule has 0 bridgehead atoms. The van der Waals surface area contributed by atoms with Crippen LogP contribution in [0.1, 0.15) is 27.2 Å². The maximum atomic E-state index is 12.3. The Balaban J connectivity index is 1.63. The van der Waals surface area contributed by atoms with Crippen LogP contribution in [-0.4, -0.2) is 69.0 Å². The SMILES string of the molecule is CCNC(=NCC1CCN(c2ccccc2)C1)N1CCS(=O)(=O)C(C)(C)C1. The molecule has 6 nitrogen and oxygen atoms in total. The number of nitrogens with zero attached hydrogens (tertiary/aromatic N) is 3. The lowest BCUT2D eigenvalue weighted by Gasteiger charge is -2.39. The molecule has 0 aromatic heterocycles. The van der Waals surface area contributed by atoms with Gasteiger partial charge in [0.25, 0.3) is 0 Å². The second kappa shape index (κ2) is 8.09. The standard InChI is InChI=1S/C20H32N4O2S/c1-4-21-19(24-12-13-27(25,26)20(2,3)16-24)22-14-17-10-11-23(15-17)18-8-6-5-7-9-18/h5-9,17H,4,10-16H2,1-3H3,(H,21,22). The van der Waals surface area contributed by atoms with Crippen molar-refractivity contribution in [1.29, 1.82) is 0 Å². The number of para-hydroxylation sites is 1. The van der Waals surface area contributed by atoms with Gasteiger partial charge in [0.05, 0.1) is 10.5 Å². The first-order valence-electron chi connectivity index (χ1n) is 9.88. The Hall–Kier alpha value is -1.76. The number of aliphatic imine (C=N–C) groups is 1. The summed E-state index contributed by atoms with van der Waals surface area (Å²) in [5.74, 6) is 1.56. The van der Waals surface area contributed by atoms with Crippen molar-refractivity contribution in [3.63, 3.8) is 0 Å². The van der Waals surface area contributed by atoms with Crippen LogP contribution in [0, 0.1) is 5.92 Å². The zero-order chi connectivity index (χ0) is 19.5. The maximum absolute atomic E-state index is 12.3. The van der Waals surface area contributed by atoms with Gasteiger partial charge in [0.2, 0.25) is 0 Å². The molecule has 2 heterocycles. The molecule has 1 atom stereocenters. The molecule has 0 saturated carbocycles. The van der Waals surface area contributed by atoms with E-state index in [2.05, 4.69) is 39.4 Å². The van der Waals surface area contributed by atoms with Gasteiger partial charge in [-0.2, -0.15) is 0 Å². The Labute approximate surface area is 163 Å². The minimum atomic E-state index is -3.04. The van der Waals surface area contributed by atoms with Gasteiger partial charge >= 0.3 is 0 Å². The normalized spacial score (nSPS) is 24.9. The number of nitrogens with one attached hydrogen (secondary N) is 1. The summed E-state index contributed by atoms with van der Waals surface area (Å²) in [7, 11) is -3.04. The Morgan fingerprint density at radius 1 is 1.26 bits per heavy atom. The van der Waals surface area contributed by atoms with Crippen molar-refractivity contribution in [3.05, 3.63) is 30.3 Å². The molecule has 150 valence electrons. The van der Waals surface area contributed by atoms with Gasteiger partial charge in [-0.25, -0.2) is 8.42 Å². The van der Waals surface area contributed by atoms with E-state index in [1.165, 1.54) is 5.69 Å². The highest BCUT2D eigenvalue weighted by atomic mass is 32.2. The van der Waals surface area contributed by atoms with Crippen molar-refractivity contribution in [1.82, 2.24) is 10.2 Å². The fourth-order valence-electron chi connectivity index (χ4n) is 3.82. The van der Waals surface area contributed by atoms with E-state index in [9.17, 15) is 8.42 Å². The Morgan fingerprint density at radius 3 is 2.67 bits per heavy atom. The van der Waals surface area contributed by atoms with Crippen molar-refractivity contribution in [2.75, 3.05) is 49.9 Å². The Bertz CT molecular complexity index is 761. The van der Waals surface area contributed by atoms with E-state index in [1.807, 2.05) is 26.8 Å². The summed E-state index contributed by atoms with van der Waals surface area (Å²) in [6.45, 7) is 10.3. The fraction of sp³-hybridized carbons (Fsp3) is 0.650. The highest BCUT2D eigenvalue weighted by molar-refractivity contribution is 7.92. The van der Waals surface area contributed by atoms with Gasteiger partial charge in [0.1, 0.15) is 0 Å². The quantitative estimate of drug-likeness (QED) is 0.627. The van der Waals surface area contributed by atoms with Crippen LogP contribution in [-0.2, 0) is 9.84 Å². The third-order valence-electron chi connectivity index (χ3n) is 5.58. The molecule has 7 heteroatoms. The first-order chi connectivity index (χ1) is 12.8. The second-order valence-corrected chi connectivity index (χ2v) is 10.9. The van der Waals surface area contributed by atoms with Crippen LogP contribution in [0.3, 0.4) is 0 Å². The molecule has 3 rings (SSSR count). The predicted octanol–water partition coefficient (Wildman–Crippen LogP) is 1.99. The summed E-state index contributed by atoms with van der Waals surface area (Å²) in [6.07, 6.45) is 1.14. The van der Waals surface area contributed by atoms with E-state index < -0.39 is 14.6 Å². The van der Waals surface area contributed by atoms with E-state index in [0.29, 0.717) is 19.0 Å². The summed E-state index contributed by atoms with van der Waals surface area (Å²) in [5.41, 5.74) is 1.28. The molecule has 2 aliphatic rings. The van der Waals surface area contributed by atoms with Gasteiger partial charge in [0.15, 0.2) is 15.8 Å². The van der Waals surface area contributed by atoms with Crippen LogP contribution in [0.15, 0.2) is 35.3 Å². The fourth-order valence-corrected chi connectivity index (χ4v) is 5.19. The lowest BCUT2D eigenvalue weighted by molar-refractivity contribution is 0.352. The van der Waals surface area contributed by atoms with Crippen molar-refractivity contribution in [3.8, 4) is 0 Å². The minimum Gasteiger partial charge on any atom is -0.371 e. The number of sulfone groups is 1. The maximum Gasteiger partial charge on any atom is 0.194 e. The van der Waals surface area contributed by atoms with Crippen molar-refractivity contribution >= 4 is 21.5 Å². The highest BCUT2D eigenvalue weighted by Crippen LogP contribution is 2.25. The van der Waals surface area contributed by atoms with E-state index >= 15 is 0 Å². The molecule has 2 fully saturated rings. The van der Waals surface area contributed by atoms with Gasteiger partial charge < -0.3 is 15.1 Å². The molecule has 1 aromatic carbocycles. The third-order valence-corrected chi connectivity index (χ3v) is 8.12. The van der Waals surface area contributed by atoms with Crippen molar-refractivity contribution < 1.29 is 8.42 Å². The summed E-state index contributed by atoms with van der Waals surface area (Å²) in [6, 6.07) is 10.5. The number of anilines is 1. The second-order valence-electron chi connectivity index (χ2n) is 8.13. The molecule has 1 N–H and O–H groups in total. The summed E-state index contributed by atoms with van der Waals surface area (Å²) in [4.78, 5) is 9.40. The van der Waals surface area contributed by atoms with Crippen molar-refractivity contribution in [2.24, 2.45) is 10.9 Å². The summed E-state index contributed by atoms with van der Waals surface area (Å²) in [5, 5.41) is 3.35. The molecule has 0 aliphatic carbocycles. The van der Waals surface area contributed by atoms with E-state index in [-0.39, 0.29) is 5.75 Å². The van der Waals surface area contributed by atoms with Crippen LogP contribution in [0.5, 0.6) is 0 Å². The third kappa shape index (κ3) is 4.57.